The van der Waals surface area contributed by atoms with Gasteiger partial charge in [0.25, 0.3) is 6.43 Å². The Kier molecular flexibility index (Phi) is 2.68. The minimum Gasteiger partial charge on any atom is -0.361 e. The van der Waals surface area contributed by atoms with Crippen LogP contribution in [0.3, 0.4) is 0 Å². The minimum absolute atomic E-state index is 0.201. The first kappa shape index (κ1) is 10.1. The second-order valence-electron chi connectivity index (χ2n) is 3.60. The van der Waals surface area contributed by atoms with Gasteiger partial charge in [-0.2, -0.15) is 0 Å². The van der Waals surface area contributed by atoms with Gasteiger partial charge in [0, 0.05) is 11.7 Å². The number of hydrogen-bond donors (Lipinski definition) is 2. The zero-order valence-electron chi connectivity index (χ0n) is 8.08. The van der Waals surface area contributed by atoms with Crippen molar-refractivity contribution in [1.29, 1.82) is 0 Å². The number of halogens is 2. The number of fused-ring (bicyclic) bond motifs is 1. The van der Waals surface area contributed by atoms with Crippen molar-refractivity contribution in [3.05, 3.63) is 36.0 Å². The van der Waals surface area contributed by atoms with Gasteiger partial charge >= 0.3 is 0 Å². The number of aromatic nitrogens is 1. The Hall–Kier alpha value is -1.42. The number of aromatic amines is 1. The molecule has 3 N–H and O–H groups in total. The molecular formula is C11H12F2N2. The van der Waals surface area contributed by atoms with Crippen LogP contribution in [0.5, 0.6) is 0 Å². The van der Waals surface area contributed by atoms with E-state index in [-0.39, 0.29) is 6.42 Å². The van der Waals surface area contributed by atoms with Gasteiger partial charge in [0.1, 0.15) is 0 Å². The van der Waals surface area contributed by atoms with Crippen LogP contribution < -0.4 is 5.73 Å². The Morgan fingerprint density at radius 2 is 2.07 bits per heavy atom. The average molecular weight is 210 g/mol. The van der Waals surface area contributed by atoms with E-state index in [9.17, 15) is 8.78 Å². The van der Waals surface area contributed by atoms with Crippen LogP contribution in [-0.4, -0.2) is 17.5 Å². The van der Waals surface area contributed by atoms with E-state index in [0.29, 0.717) is 0 Å². The van der Waals surface area contributed by atoms with Crippen LogP contribution in [0.4, 0.5) is 8.78 Å². The average Bonchev–Trinajstić information content (AvgIpc) is 2.64. The van der Waals surface area contributed by atoms with Gasteiger partial charge in [-0.1, -0.05) is 12.1 Å². The highest BCUT2D eigenvalue weighted by atomic mass is 19.3. The molecule has 1 aromatic heterocycles. The smallest absolute Gasteiger partial charge is 0.253 e. The molecule has 0 aliphatic carbocycles. The van der Waals surface area contributed by atoms with Crippen LogP contribution in [0.2, 0.25) is 0 Å². The van der Waals surface area contributed by atoms with Gasteiger partial charge in [0.15, 0.2) is 0 Å². The molecule has 2 nitrogen and oxygen atoms in total. The van der Waals surface area contributed by atoms with Crippen LogP contribution in [0.1, 0.15) is 5.56 Å². The second-order valence-corrected chi connectivity index (χ2v) is 3.60. The Bertz CT molecular complexity index is 451. The van der Waals surface area contributed by atoms with E-state index in [2.05, 4.69) is 4.98 Å². The fourth-order valence-electron chi connectivity index (χ4n) is 1.58. The third kappa shape index (κ3) is 2.15. The molecule has 0 amide bonds. The molecule has 0 saturated carbocycles. The number of benzene rings is 1. The molecule has 1 aromatic carbocycles. The van der Waals surface area contributed by atoms with Gasteiger partial charge in [0.2, 0.25) is 0 Å². The van der Waals surface area contributed by atoms with E-state index in [4.69, 9.17) is 5.73 Å². The maximum absolute atomic E-state index is 12.2. The van der Waals surface area contributed by atoms with Gasteiger partial charge in [-0.25, -0.2) is 8.78 Å². The minimum atomic E-state index is -2.47. The third-order valence-corrected chi connectivity index (χ3v) is 2.41. The van der Waals surface area contributed by atoms with Crippen LogP contribution in [0, 0.1) is 0 Å². The van der Waals surface area contributed by atoms with Crippen molar-refractivity contribution in [2.45, 2.75) is 18.9 Å². The lowest BCUT2D eigenvalue weighted by molar-refractivity contribution is 0.116. The largest absolute Gasteiger partial charge is 0.361 e. The Labute approximate surface area is 86.1 Å². The molecule has 4 heteroatoms. The number of H-pyrrole nitrogens is 1. The molecule has 0 aliphatic heterocycles. The summed E-state index contributed by atoms with van der Waals surface area (Å²) in [6.07, 6.45) is -0.446. The summed E-state index contributed by atoms with van der Waals surface area (Å²) >= 11 is 0. The van der Waals surface area contributed by atoms with Gasteiger partial charge in [-0.3, -0.25) is 0 Å². The normalized spacial score (nSPS) is 13.6. The van der Waals surface area contributed by atoms with Gasteiger partial charge in [0.05, 0.1) is 6.04 Å². The van der Waals surface area contributed by atoms with E-state index < -0.39 is 12.5 Å². The van der Waals surface area contributed by atoms with Gasteiger partial charge < -0.3 is 10.7 Å². The highest BCUT2D eigenvalue weighted by Gasteiger charge is 2.15. The van der Waals surface area contributed by atoms with Crippen LogP contribution in [-0.2, 0) is 6.42 Å². The van der Waals surface area contributed by atoms with E-state index in [1.54, 1.807) is 0 Å². The maximum atomic E-state index is 12.2. The summed E-state index contributed by atoms with van der Waals surface area (Å²) in [6.45, 7) is 0. The molecule has 0 aliphatic rings. The molecule has 1 unspecified atom stereocenters. The molecule has 15 heavy (non-hydrogen) atoms. The molecule has 0 radical (unpaired) electrons. The van der Waals surface area contributed by atoms with E-state index in [1.807, 2.05) is 30.5 Å². The molecule has 0 fully saturated rings. The van der Waals surface area contributed by atoms with Crippen LogP contribution in [0.25, 0.3) is 10.9 Å². The molecule has 0 spiro atoms. The van der Waals surface area contributed by atoms with Crippen LogP contribution >= 0.6 is 0 Å². The van der Waals surface area contributed by atoms with E-state index in [0.717, 1.165) is 16.5 Å². The molecule has 0 saturated heterocycles. The molecular weight excluding hydrogens is 198 g/mol. The maximum Gasteiger partial charge on any atom is 0.253 e. The second kappa shape index (κ2) is 3.98. The molecule has 0 bridgehead atoms. The molecule has 2 rings (SSSR count). The van der Waals surface area contributed by atoms with Crippen molar-refractivity contribution in [1.82, 2.24) is 4.98 Å². The standard InChI is InChI=1S/C11H12F2N2/c12-11(13)9(14)5-7-1-2-8-3-4-15-10(8)6-7/h1-4,6,9,11,15H,5,14H2. The number of nitrogens with two attached hydrogens (primary N) is 1. The van der Waals surface area contributed by atoms with Crippen LogP contribution in [0.15, 0.2) is 30.5 Å². The third-order valence-electron chi connectivity index (χ3n) is 2.41. The van der Waals surface area contributed by atoms with E-state index in [1.165, 1.54) is 0 Å². The summed E-state index contributed by atoms with van der Waals surface area (Å²) in [5.41, 5.74) is 7.09. The summed E-state index contributed by atoms with van der Waals surface area (Å²) < 4.78 is 24.5. The molecule has 2 aromatic rings. The lowest BCUT2D eigenvalue weighted by Crippen LogP contribution is -2.30. The number of nitrogens with one attached hydrogen (secondary N) is 1. The lowest BCUT2D eigenvalue weighted by Gasteiger charge is -2.09. The van der Waals surface area contributed by atoms with Crippen molar-refractivity contribution in [2.24, 2.45) is 5.73 Å². The summed E-state index contributed by atoms with van der Waals surface area (Å²) in [4.78, 5) is 3.03. The first-order valence-corrected chi connectivity index (χ1v) is 4.76. The molecule has 1 atom stereocenters. The predicted octanol–water partition coefficient (Wildman–Crippen LogP) is 2.30. The SMILES string of the molecule is NC(Cc1ccc2cc[nH]c2c1)C(F)F. The van der Waals surface area contributed by atoms with Crippen molar-refractivity contribution in [3.63, 3.8) is 0 Å². The highest BCUT2D eigenvalue weighted by molar-refractivity contribution is 5.79. The lowest BCUT2D eigenvalue weighted by atomic mass is 10.1. The summed E-state index contributed by atoms with van der Waals surface area (Å²) in [6, 6.07) is 6.44. The Balaban J connectivity index is 2.21. The predicted molar refractivity (Wildman–Crippen MR) is 56.0 cm³/mol. The summed E-state index contributed by atoms with van der Waals surface area (Å²) in [5, 5.41) is 1.07. The fourth-order valence-corrected chi connectivity index (χ4v) is 1.58. The van der Waals surface area contributed by atoms with E-state index >= 15 is 0 Å². The topological polar surface area (TPSA) is 41.8 Å². The Morgan fingerprint density at radius 1 is 1.27 bits per heavy atom. The summed E-state index contributed by atoms with van der Waals surface area (Å²) in [7, 11) is 0. The van der Waals surface area contributed by atoms with Crippen molar-refractivity contribution in [2.75, 3.05) is 0 Å². The molecule has 1 heterocycles. The van der Waals surface area contributed by atoms with Crippen molar-refractivity contribution in [3.8, 4) is 0 Å². The molecule has 80 valence electrons. The van der Waals surface area contributed by atoms with Crippen molar-refractivity contribution < 1.29 is 8.78 Å². The Morgan fingerprint density at radius 3 is 2.80 bits per heavy atom. The van der Waals surface area contributed by atoms with Gasteiger partial charge in [-0.15, -0.1) is 0 Å². The number of hydrogen-bond acceptors (Lipinski definition) is 1. The van der Waals surface area contributed by atoms with Crippen molar-refractivity contribution >= 4 is 10.9 Å². The number of alkyl halides is 2. The first-order valence-electron chi connectivity index (χ1n) is 4.76. The number of rotatable bonds is 3. The zero-order valence-corrected chi connectivity index (χ0v) is 8.08. The first-order chi connectivity index (χ1) is 7.16. The fraction of sp³-hybridized carbons (Fsp3) is 0.273. The monoisotopic (exact) mass is 210 g/mol. The zero-order chi connectivity index (χ0) is 10.8. The summed E-state index contributed by atoms with van der Waals surface area (Å²) in [5.74, 6) is 0. The quantitative estimate of drug-likeness (QED) is 0.801. The van der Waals surface area contributed by atoms with Gasteiger partial charge in [-0.05, 0) is 29.5 Å². The highest BCUT2D eigenvalue weighted by Crippen LogP contribution is 2.16.